The lowest BCUT2D eigenvalue weighted by Gasteiger charge is -2.19. The summed E-state index contributed by atoms with van der Waals surface area (Å²) in [6, 6.07) is -0.219. The lowest BCUT2D eigenvalue weighted by Crippen LogP contribution is -2.32. The maximum atomic E-state index is 11.9. The number of nitrogen functional groups attached to an aromatic ring is 1. The van der Waals surface area contributed by atoms with Gasteiger partial charge in [-0.05, 0) is 12.3 Å². The number of carbonyl (C=O) groups excluding carboxylic acids is 1. The van der Waals surface area contributed by atoms with Crippen LogP contribution < -0.4 is 16.6 Å². The van der Waals surface area contributed by atoms with Crippen LogP contribution in [0.3, 0.4) is 0 Å². The molecule has 7 nitrogen and oxygen atoms in total. The van der Waals surface area contributed by atoms with Gasteiger partial charge in [-0.2, -0.15) is 0 Å². The number of nitrogens with one attached hydrogen (secondary N) is 2. The van der Waals surface area contributed by atoms with E-state index in [1.165, 1.54) is 6.33 Å². The molecular weight excluding hydrogens is 244 g/mol. The van der Waals surface area contributed by atoms with E-state index in [9.17, 15) is 4.79 Å². The van der Waals surface area contributed by atoms with Gasteiger partial charge in [0.15, 0.2) is 0 Å². The van der Waals surface area contributed by atoms with Gasteiger partial charge in [-0.1, -0.05) is 13.8 Å². The van der Waals surface area contributed by atoms with Crippen molar-refractivity contribution in [1.82, 2.24) is 14.9 Å². The zero-order valence-corrected chi connectivity index (χ0v) is 11.5. The summed E-state index contributed by atoms with van der Waals surface area (Å²) in [6.07, 6.45) is 2.22. The van der Waals surface area contributed by atoms with Crippen LogP contribution in [-0.4, -0.2) is 40.4 Å². The fraction of sp³-hybridized carbons (Fsp3) is 0.583. The zero-order valence-electron chi connectivity index (χ0n) is 11.5. The highest BCUT2D eigenvalue weighted by Crippen LogP contribution is 2.29. The van der Waals surface area contributed by atoms with Gasteiger partial charge in [0.1, 0.15) is 24.0 Å². The van der Waals surface area contributed by atoms with E-state index in [4.69, 9.17) is 5.84 Å². The second kappa shape index (κ2) is 5.40. The molecule has 4 N–H and O–H groups in total. The Hall–Kier alpha value is -1.89. The first-order chi connectivity index (χ1) is 9.04. The number of nitrogens with zero attached hydrogens (tertiary/aromatic N) is 3. The fourth-order valence-corrected chi connectivity index (χ4v) is 2.29. The first-order valence-electron chi connectivity index (χ1n) is 6.37. The number of likely N-dealkylation sites (tertiary alicyclic amines) is 1. The normalized spacial score (nSPS) is 19.1. The average molecular weight is 264 g/mol. The molecule has 2 rings (SSSR count). The van der Waals surface area contributed by atoms with Crippen molar-refractivity contribution in [3.8, 4) is 0 Å². The fourth-order valence-electron chi connectivity index (χ4n) is 2.29. The highest BCUT2D eigenvalue weighted by Gasteiger charge is 2.30. The van der Waals surface area contributed by atoms with Crippen LogP contribution in [0.4, 0.5) is 11.6 Å². The second-order valence-corrected chi connectivity index (χ2v) is 5.03. The second-order valence-electron chi connectivity index (χ2n) is 5.03. The highest BCUT2D eigenvalue weighted by molar-refractivity contribution is 5.86. The van der Waals surface area contributed by atoms with Crippen molar-refractivity contribution in [2.75, 3.05) is 24.3 Å². The van der Waals surface area contributed by atoms with Crippen LogP contribution in [0.2, 0.25) is 0 Å². The molecule has 7 heteroatoms. The van der Waals surface area contributed by atoms with Crippen LogP contribution in [0, 0.1) is 0 Å². The van der Waals surface area contributed by atoms with E-state index in [1.54, 1.807) is 11.9 Å². The Labute approximate surface area is 112 Å². The molecule has 1 amide bonds. The van der Waals surface area contributed by atoms with Crippen LogP contribution in [0.15, 0.2) is 6.33 Å². The molecule has 19 heavy (non-hydrogen) atoms. The number of anilines is 2. The quantitative estimate of drug-likeness (QED) is 0.542. The van der Waals surface area contributed by atoms with Gasteiger partial charge in [-0.15, -0.1) is 0 Å². The summed E-state index contributed by atoms with van der Waals surface area (Å²) in [6.45, 7) is 4.83. The van der Waals surface area contributed by atoms with Crippen LogP contribution >= 0.6 is 0 Å². The summed E-state index contributed by atoms with van der Waals surface area (Å²) in [7, 11) is 1.81. The lowest BCUT2D eigenvalue weighted by atomic mass is 10.0. The van der Waals surface area contributed by atoms with Crippen LogP contribution in [0.25, 0.3) is 0 Å². The van der Waals surface area contributed by atoms with Crippen molar-refractivity contribution >= 4 is 17.5 Å². The highest BCUT2D eigenvalue weighted by atomic mass is 16.2. The molecule has 1 aliphatic rings. The Bertz CT molecular complexity index is 475. The monoisotopic (exact) mass is 264 g/mol. The molecule has 0 aromatic carbocycles. The SMILES string of the molecule is CC(C)c1c(NN)ncnc1NC1CCN(C)C1=O. The Balaban J connectivity index is 2.27. The Kier molecular flexibility index (Phi) is 3.84. The molecule has 1 saturated heterocycles. The van der Waals surface area contributed by atoms with E-state index >= 15 is 0 Å². The number of hydrazine groups is 1. The summed E-state index contributed by atoms with van der Waals surface area (Å²) in [5.74, 6) is 7.02. The van der Waals surface area contributed by atoms with E-state index in [2.05, 4.69) is 20.7 Å². The maximum absolute atomic E-state index is 11.9. The van der Waals surface area contributed by atoms with Crippen LogP contribution in [0.5, 0.6) is 0 Å². The molecule has 1 aromatic rings. The molecule has 1 aromatic heterocycles. The van der Waals surface area contributed by atoms with Gasteiger partial charge in [0.05, 0.1) is 0 Å². The number of likely N-dealkylation sites (N-methyl/N-ethyl adjacent to an activating group) is 1. The van der Waals surface area contributed by atoms with Crippen molar-refractivity contribution in [1.29, 1.82) is 0 Å². The van der Waals surface area contributed by atoms with Gasteiger partial charge in [0, 0.05) is 19.2 Å². The third-order valence-corrected chi connectivity index (χ3v) is 3.34. The summed E-state index contributed by atoms with van der Waals surface area (Å²) in [5, 5.41) is 3.21. The van der Waals surface area contributed by atoms with Crippen LogP contribution in [-0.2, 0) is 4.79 Å². The van der Waals surface area contributed by atoms with Gasteiger partial charge >= 0.3 is 0 Å². The molecule has 0 bridgehead atoms. The largest absolute Gasteiger partial charge is 0.358 e. The molecular formula is C12H20N6O. The number of amides is 1. The van der Waals surface area contributed by atoms with Crippen molar-refractivity contribution in [3.63, 3.8) is 0 Å². The van der Waals surface area contributed by atoms with Crippen molar-refractivity contribution in [2.24, 2.45) is 5.84 Å². The molecule has 2 heterocycles. The molecule has 104 valence electrons. The number of rotatable bonds is 4. The van der Waals surface area contributed by atoms with E-state index in [-0.39, 0.29) is 17.9 Å². The summed E-state index contributed by atoms with van der Waals surface area (Å²) >= 11 is 0. The van der Waals surface area contributed by atoms with Crippen molar-refractivity contribution < 1.29 is 4.79 Å². The molecule has 1 fully saturated rings. The Morgan fingerprint density at radius 2 is 2.11 bits per heavy atom. The standard InChI is InChI=1S/C12H20N6O/c1-7(2)9-10(14-6-15-11(9)17-13)16-8-4-5-18(3)12(8)19/h6-8H,4-5,13H2,1-3H3,(H2,14,15,16,17). The number of carbonyl (C=O) groups is 1. The lowest BCUT2D eigenvalue weighted by molar-refractivity contribution is -0.127. The average Bonchev–Trinajstić information content (AvgIpc) is 2.70. The molecule has 1 atom stereocenters. The predicted molar refractivity (Wildman–Crippen MR) is 73.6 cm³/mol. The number of hydrogen-bond acceptors (Lipinski definition) is 6. The predicted octanol–water partition coefficient (Wildman–Crippen LogP) is 0.528. The van der Waals surface area contributed by atoms with E-state index < -0.39 is 0 Å². The molecule has 0 saturated carbocycles. The smallest absolute Gasteiger partial charge is 0.244 e. The van der Waals surface area contributed by atoms with Crippen molar-refractivity contribution in [2.45, 2.75) is 32.2 Å². The minimum atomic E-state index is -0.219. The minimum absolute atomic E-state index is 0.0931. The number of hydrogen-bond donors (Lipinski definition) is 3. The Morgan fingerprint density at radius 1 is 1.42 bits per heavy atom. The molecule has 0 radical (unpaired) electrons. The van der Waals surface area contributed by atoms with Crippen molar-refractivity contribution in [3.05, 3.63) is 11.9 Å². The van der Waals surface area contributed by atoms with Gasteiger partial charge < -0.3 is 15.6 Å². The summed E-state index contributed by atoms with van der Waals surface area (Å²) < 4.78 is 0. The maximum Gasteiger partial charge on any atom is 0.244 e. The first-order valence-corrected chi connectivity index (χ1v) is 6.37. The van der Waals surface area contributed by atoms with Gasteiger partial charge in [0.2, 0.25) is 5.91 Å². The molecule has 0 aliphatic carbocycles. The first kappa shape index (κ1) is 13.5. The Morgan fingerprint density at radius 3 is 2.63 bits per heavy atom. The van der Waals surface area contributed by atoms with E-state index in [0.717, 1.165) is 18.5 Å². The van der Waals surface area contributed by atoms with Crippen LogP contribution in [0.1, 0.15) is 31.7 Å². The third-order valence-electron chi connectivity index (χ3n) is 3.34. The summed E-state index contributed by atoms with van der Waals surface area (Å²) in [5.41, 5.74) is 3.47. The third kappa shape index (κ3) is 2.60. The van der Waals surface area contributed by atoms with Gasteiger partial charge in [-0.3, -0.25) is 4.79 Å². The van der Waals surface area contributed by atoms with E-state index in [0.29, 0.717) is 11.6 Å². The topological polar surface area (TPSA) is 96.2 Å². The molecule has 1 aliphatic heterocycles. The minimum Gasteiger partial charge on any atom is -0.358 e. The van der Waals surface area contributed by atoms with E-state index in [1.807, 2.05) is 13.8 Å². The molecule has 0 spiro atoms. The number of nitrogens with two attached hydrogens (primary N) is 1. The number of aromatic nitrogens is 2. The zero-order chi connectivity index (χ0) is 14.0. The molecule has 1 unspecified atom stereocenters. The van der Waals surface area contributed by atoms with Gasteiger partial charge in [-0.25, -0.2) is 15.8 Å². The van der Waals surface area contributed by atoms with Gasteiger partial charge in [0.25, 0.3) is 0 Å². The summed E-state index contributed by atoms with van der Waals surface area (Å²) in [4.78, 5) is 22.0.